The van der Waals surface area contributed by atoms with Crippen LogP contribution in [-0.2, 0) is 4.79 Å². The summed E-state index contributed by atoms with van der Waals surface area (Å²) in [5.41, 5.74) is -0.125. The number of carbonyl (C=O) groups excluding carboxylic acids is 1. The number of benzene rings is 1. The minimum absolute atomic E-state index is 0.119. The normalized spacial score (nSPS) is 32.0. The molecule has 25 heavy (non-hydrogen) atoms. The van der Waals surface area contributed by atoms with Gasteiger partial charge >= 0.3 is 0 Å². The predicted octanol–water partition coefficient (Wildman–Crippen LogP) is 3.54. The summed E-state index contributed by atoms with van der Waals surface area (Å²) in [6.07, 6.45) is 7.19. The van der Waals surface area contributed by atoms with E-state index < -0.39 is 0 Å². The number of nitrogens with one attached hydrogen (secondary N) is 1. The highest BCUT2D eigenvalue weighted by Gasteiger charge is 2.54. The van der Waals surface area contributed by atoms with Crippen LogP contribution in [0.15, 0.2) is 24.3 Å². The lowest BCUT2D eigenvalue weighted by atomic mass is 9.49. The minimum Gasteiger partial charge on any atom is -0.478 e. The molecule has 4 aliphatic carbocycles. The largest absolute Gasteiger partial charge is 0.478 e. The molecule has 132 valence electrons. The predicted molar refractivity (Wildman–Crippen MR) is 93.3 cm³/mol. The first-order valence-corrected chi connectivity index (χ1v) is 9.26. The van der Waals surface area contributed by atoms with Gasteiger partial charge in [0.2, 0.25) is 5.91 Å². The summed E-state index contributed by atoms with van der Waals surface area (Å²) in [6.45, 7) is 0.454. The third-order valence-electron chi connectivity index (χ3n) is 6.12. The monoisotopic (exact) mass is 341 g/mol. The second-order valence-corrected chi connectivity index (χ2v) is 7.95. The lowest BCUT2D eigenvalue weighted by Gasteiger charge is -2.55. The summed E-state index contributed by atoms with van der Waals surface area (Å²) < 4.78 is 18.7. The van der Waals surface area contributed by atoms with Crippen LogP contribution in [0.5, 0.6) is 5.75 Å². The molecule has 3 nitrogen and oxygen atoms in total. The summed E-state index contributed by atoms with van der Waals surface area (Å²) in [7, 11) is 0. The number of amides is 1. The maximum absolute atomic E-state index is 13.4. The van der Waals surface area contributed by atoms with Gasteiger partial charge in [-0.1, -0.05) is 24.0 Å². The van der Waals surface area contributed by atoms with Crippen LogP contribution in [0.2, 0.25) is 0 Å². The second kappa shape index (κ2) is 6.71. The molecule has 4 bridgehead atoms. The Morgan fingerprint density at radius 1 is 1.12 bits per heavy atom. The summed E-state index contributed by atoms with van der Waals surface area (Å²) in [4.78, 5) is 12.7. The average molecular weight is 341 g/mol. The van der Waals surface area contributed by atoms with E-state index >= 15 is 0 Å². The molecule has 4 fully saturated rings. The Morgan fingerprint density at radius 2 is 1.76 bits per heavy atom. The van der Waals surface area contributed by atoms with E-state index in [2.05, 4.69) is 17.2 Å². The van der Waals surface area contributed by atoms with Gasteiger partial charge in [0.15, 0.2) is 11.6 Å². The van der Waals surface area contributed by atoms with Gasteiger partial charge in [-0.25, -0.2) is 4.39 Å². The number of para-hydroxylation sites is 1. The molecule has 0 atom stereocenters. The van der Waals surface area contributed by atoms with Crippen molar-refractivity contribution in [1.29, 1.82) is 0 Å². The maximum atomic E-state index is 13.4. The van der Waals surface area contributed by atoms with Crippen LogP contribution in [0, 0.1) is 40.8 Å². The highest BCUT2D eigenvalue weighted by Crippen LogP contribution is 2.60. The van der Waals surface area contributed by atoms with Crippen molar-refractivity contribution < 1.29 is 13.9 Å². The molecule has 5 rings (SSSR count). The third kappa shape index (κ3) is 3.38. The van der Waals surface area contributed by atoms with E-state index in [1.54, 1.807) is 18.2 Å². The van der Waals surface area contributed by atoms with E-state index in [-0.39, 0.29) is 29.5 Å². The van der Waals surface area contributed by atoms with Crippen LogP contribution < -0.4 is 10.1 Å². The van der Waals surface area contributed by atoms with Crippen LogP contribution >= 0.6 is 0 Å². The molecule has 0 radical (unpaired) electrons. The molecule has 0 aliphatic heterocycles. The molecule has 4 saturated carbocycles. The molecule has 1 aromatic rings. The number of halogens is 1. The molecule has 0 aromatic heterocycles. The van der Waals surface area contributed by atoms with Gasteiger partial charge in [-0.2, -0.15) is 0 Å². The summed E-state index contributed by atoms with van der Waals surface area (Å²) >= 11 is 0. The first-order valence-electron chi connectivity index (χ1n) is 9.26. The SMILES string of the molecule is O=C(NCC#CCOc1ccccc1F)C12CC3CC(CC(C3)C1)C2. The molecule has 0 unspecified atom stereocenters. The fourth-order valence-corrected chi connectivity index (χ4v) is 5.49. The first-order chi connectivity index (χ1) is 12.1. The summed E-state index contributed by atoms with van der Waals surface area (Å²) in [5, 5.41) is 3.01. The highest BCUT2D eigenvalue weighted by molar-refractivity contribution is 5.83. The van der Waals surface area contributed by atoms with Crippen LogP contribution in [0.1, 0.15) is 38.5 Å². The van der Waals surface area contributed by atoms with Crippen LogP contribution in [0.3, 0.4) is 0 Å². The van der Waals surface area contributed by atoms with Crippen LogP contribution in [0.4, 0.5) is 4.39 Å². The zero-order valence-electron chi connectivity index (χ0n) is 14.4. The molecule has 1 amide bonds. The van der Waals surface area contributed by atoms with Crippen molar-refractivity contribution in [3.05, 3.63) is 30.1 Å². The van der Waals surface area contributed by atoms with Gasteiger partial charge in [0, 0.05) is 5.41 Å². The maximum Gasteiger partial charge on any atom is 0.226 e. The van der Waals surface area contributed by atoms with Gasteiger partial charge < -0.3 is 10.1 Å². The van der Waals surface area contributed by atoms with E-state index in [1.807, 2.05) is 0 Å². The molecular weight excluding hydrogens is 317 g/mol. The van der Waals surface area contributed by atoms with E-state index in [1.165, 1.54) is 25.3 Å². The minimum atomic E-state index is -0.389. The second-order valence-electron chi connectivity index (χ2n) is 7.95. The Hall–Kier alpha value is -2.02. The van der Waals surface area contributed by atoms with Crippen LogP contribution in [-0.4, -0.2) is 19.1 Å². The van der Waals surface area contributed by atoms with Crippen molar-refractivity contribution in [3.8, 4) is 17.6 Å². The fourth-order valence-electron chi connectivity index (χ4n) is 5.49. The standard InChI is InChI=1S/C21H24FNO2/c22-18-5-1-2-6-19(18)25-8-4-3-7-23-20(24)21-12-15-9-16(13-21)11-17(10-15)14-21/h1-2,5-6,15-17H,7-14H2,(H,23,24). The topological polar surface area (TPSA) is 38.3 Å². The lowest BCUT2D eigenvalue weighted by molar-refractivity contribution is -0.145. The van der Waals surface area contributed by atoms with Gasteiger partial charge in [-0.05, 0) is 68.4 Å². The third-order valence-corrected chi connectivity index (χ3v) is 6.12. The Bertz CT molecular complexity index is 683. The highest BCUT2D eigenvalue weighted by atomic mass is 19.1. The number of rotatable bonds is 4. The van der Waals surface area contributed by atoms with Gasteiger partial charge in [-0.15, -0.1) is 0 Å². The average Bonchev–Trinajstić information content (AvgIpc) is 2.58. The first kappa shape index (κ1) is 16.4. The van der Waals surface area contributed by atoms with Crippen LogP contribution in [0.25, 0.3) is 0 Å². The Kier molecular flexibility index (Phi) is 4.41. The summed E-state index contributed by atoms with van der Waals surface area (Å²) in [6, 6.07) is 6.27. The number of hydrogen-bond donors (Lipinski definition) is 1. The van der Waals surface area contributed by atoms with E-state index in [4.69, 9.17) is 4.74 Å². The van der Waals surface area contributed by atoms with Crippen molar-refractivity contribution in [2.24, 2.45) is 23.2 Å². The number of ether oxygens (including phenoxy) is 1. The van der Waals surface area contributed by atoms with E-state index in [9.17, 15) is 9.18 Å². The molecule has 1 N–H and O–H groups in total. The van der Waals surface area contributed by atoms with Crippen molar-refractivity contribution >= 4 is 5.91 Å². The molecule has 0 saturated heterocycles. The van der Waals surface area contributed by atoms with Gasteiger partial charge in [0.25, 0.3) is 0 Å². The molecule has 1 aromatic carbocycles. The fraction of sp³-hybridized carbons (Fsp3) is 0.571. The molecule has 4 heteroatoms. The van der Waals surface area contributed by atoms with Gasteiger partial charge in [0.1, 0.15) is 6.61 Å². The zero-order valence-corrected chi connectivity index (χ0v) is 14.4. The van der Waals surface area contributed by atoms with Crippen molar-refractivity contribution in [2.45, 2.75) is 38.5 Å². The van der Waals surface area contributed by atoms with Crippen molar-refractivity contribution in [3.63, 3.8) is 0 Å². The Balaban J connectivity index is 1.25. The van der Waals surface area contributed by atoms with Crippen molar-refractivity contribution in [2.75, 3.05) is 13.2 Å². The molecule has 0 heterocycles. The Morgan fingerprint density at radius 3 is 2.40 bits per heavy atom. The Labute approximate surface area is 148 Å². The molecular formula is C21H24FNO2. The number of hydrogen-bond acceptors (Lipinski definition) is 2. The smallest absolute Gasteiger partial charge is 0.226 e. The van der Waals surface area contributed by atoms with E-state index in [0.717, 1.165) is 37.0 Å². The van der Waals surface area contributed by atoms with Crippen molar-refractivity contribution in [1.82, 2.24) is 5.32 Å². The number of carbonyl (C=O) groups is 1. The molecule has 0 spiro atoms. The van der Waals surface area contributed by atoms with E-state index in [0.29, 0.717) is 6.54 Å². The molecule has 4 aliphatic rings. The lowest BCUT2D eigenvalue weighted by Crippen LogP contribution is -2.53. The van der Waals surface area contributed by atoms with Gasteiger partial charge in [-0.3, -0.25) is 4.79 Å². The summed E-state index contributed by atoms with van der Waals surface area (Å²) in [5.74, 6) is 8.03. The quantitative estimate of drug-likeness (QED) is 0.851. The zero-order chi connectivity index (χ0) is 17.3. The van der Waals surface area contributed by atoms with Gasteiger partial charge in [0.05, 0.1) is 6.54 Å².